The van der Waals surface area contributed by atoms with Crippen LogP contribution < -0.4 is 10.6 Å². The van der Waals surface area contributed by atoms with Gasteiger partial charge in [-0.05, 0) is 44.5 Å². The van der Waals surface area contributed by atoms with Crippen molar-refractivity contribution in [2.45, 2.75) is 43.9 Å². The first kappa shape index (κ1) is 23.1. The summed E-state index contributed by atoms with van der Waals surface area (Å²) in [6.45, 7) is 3.39. The highest BCUT2D eigenvalue weighted by atomic mass is 35.5. The van der Waals surface area contributed by atoms with Crippen LogP contribution in [-0.2, 0) is 14.8 Å². The van der Waals surface area contributed by atoms with Crippen molar-refractivity contribution in [2.75, 3.05) is 26.2 Å². The van der Waals surface area contributed by atoms with Crippen molar-refractivity contribution in [3.05, 3.63) is 21.3 Å². The molecule has 0 radical (unpaired) electrons. The number of hydrogen-bond donors (Lipinski definition) is 3. The van der Waals surface area contributed by atoms with E-state index in [-0.39, 0.29) is 12.6 Å². The maximum absolute atomic E-state index is 13.3. The van der Waals surface area contributed by atoms with Gasteiger partial charge < -0.3 is 15.7 Å². The van der Waals surface area contributed by atoms with Gasteiger partial charge in [0.25, 0.3) is 5.91 Å². The summed E-state index contributed by atoms with van der Waals surface area (Å²) in [6, 6.07) is 2.96. The van der Waals surface area contributed by atoms with Gasteiger partial charge >= 0.3 is 5.97 Å². The maximum atomic E-state index is 13.3. The van der Waals surface area contributed by atoms with Crippen molar-refractivity contribution >= 4 is 44.8 Å². The number of nitrogens with one attached hydrogen (secondary N) is 2. The van der Waals surface area contributed by atoms with Crippen LogP contribution in [0.25, 0.3) is 0 Å². The van der Waals surface area contributed by atoms with E-state index in [2.05, 4.69) is 10.6 Å². The Bertz CT molecular complexity index is 778. The van der Waals surface area contributed by atoms with Gasteiger partial charge in [-0.15, -0.1) is 11.3 Å². The summed E-state index contributed by atoms with van der Waals surface area (Å²) in [5.74, 6) is -1.69. The molecule has 8 nitrogen and oxygen atoms in total. The van der Waals surface area contributed by atoms with E-state index in [0.29, 0.717) is 35.0 Å². The number of carboxylic acid groups (broad SMARTS) is 1. The predicted octanol–water partition coefficient (Wildman–Crippen LogP) is 1.77. The van der Waals surface area contributed by atoms with E-state index in [1.54, 1.807) is 12.1 Å². The third-order valence-electron chi connectivity index (χ3n) is 4.60. The number of rotatable bonds is 10. The number of aliphatic carboxylic acids is 1. The third kappa shape index (κ3) is 6.15. The van der Waals surface area contributed by atoms with Gasteiger partial charge in [0.2, 0.25) is 10.0 Å². The molecule has 1 atom stereocenters. The Hall–Kier alpha value is -1.20. The molecule has 28 heavy (non-hydrogen) atoms. The second-order valence-electron chi connectivity index (χ2n) is 6.67. The molecular formula is C17H26ClN3O5S2. The lowest BCUT2D eigenvalue weighted by Gasteiger charge is -2.35. The van der Waals surface area contributed by atoms with E-state index in [0.717, 1.165) is 24.4 Å². The molecule has 1 unspecified atom stereocenters. The number of nitrogens with zero attached hydrogens (tertiary/aromatic N) is 1. The van der Waals surface area contributed by atoms with E-state index < -0.39 is 33.6 Å². The molecule has 1 aromatic heterocycles. The lowest BCUT2D eigenvalue weighted by Crippen LogP contribution is -2.52. The molecule has 158 valence electrons. The van der Waals surface area contributed by atoms with Crippen molar-refractivity contribution < 1.29 is 23.1 Å². The SMILES string of the molecule is CCCN(C1CCNCC1)S(=O)(=O)C(CNC(=O)c1ccc(Cl)s1)CC(=O)O. The number of carbonyl (C=O) groups excluding carboxylic acids is 1. The van der Waals surface area contributed by atoms with Crippen LogP contribution in [0.3, 0.4) is 0 Å². The predicted molar refractivity (Wildman–Crippen MR) is 110 cm³/mol. The Morgan fingerprint density at radius 3 is 2.61 bits per heavy atom. The van der Waals surface area contributed by atoms with Gasteiger partial charge in [-0.1, -0.05) is 18.5 Å². The van der Waals surface area contributed by atoms with Gasteiger partial charge in [-0.3, -0.25) is 9.59 Å². The Balaban J connectivity index is 2.17. The summed E-state index contributed by atoms with van der Waals surface area (Å²) in [7, 11) is -3.91. The maximum Gasteiger partial charge on any atom is 0.304 e. The number of sulfonamides is 1. The first-order valence-corrected chi connectivity index (χ1v) is 11.9. The molecule has 2 rings (SSSR count). The fourth-order valence-electron chi connectivity index (χ4n) is 3.23. The molecule has 2 heterocycles. The molecule has 1 amide bonds. The Morgan fingerprint density at radius 2 is 2.07 bits per heavy atom. The van der Waals surface area contributed by atoms with Crippen molar-refractivity contribution in [1.29, 1.82) is 0 Å². The summed E-state index contributed by atoms with van der Waals surface area (Å²) in [5.41, 5.74) is 0. The molecule has 0 bridgehead atoms. The topological polar surface area (TPSA) is 116 Å². The van der Waals surface area contributed by atoms with E-state index >= 15 is 0 Å². The molecule has 0 aliphatic carbocycles. The lowest BCUT2D eigenvalue weighted by atomic mass is 10.1. The van der Waals surface area contributed by atoms with Crippen LogP contribution in [-0.4, -0.2) is 67.2 Å². The number of piperidine rings is 1. The molecule has 0 saturated carbocycles. The van der Waals surface area contributed by atoms with Crippen molar-refractivity contribution in [1.82, 2.24) is 14.9 Å². The molecule has 11 heteroatoms. The third-order valence-corrected chi connectivity index (χ3v) is 8.14. The van der Waals surface area contributed by atoms with Crippen LogP contribution in [0, 0.1) is 0 Å². The first-order chi connectivity index (χ1) is 13.3. The van der Waals surface area contributed by atoms with Crippen LogP contribution in [0.4, 0.5) is 0 Å². The minimum absolute atomic E-state index is 0.158. The minimum atomic E-state index is -3.91. The minimum Gasteiger partial charge on any atom is -0.481 e. The molecule has 3 N–H and O–H groups in total. The fourth-order valence-corrected chi connectivity index (χ4v) is 6.28. The number of thiophene rings is 1. The second kappa shape index (κ2) is 10.5. The quantitative estimate of drug-likeness (QED) is 0.499. The van der Waals surface area contributed by atoms with Crippen molar-refractivity contribution in [3.8, 4) is 0 Å². The number of hydrogen-bond acceptors (Lipinski definition) is 6. The van der Waals surface area contributed by atoms with Gasteiger partial charge in [0, 0.05) is 19.1 Å². The molecule has 1 aromatic rings. The number of carboxylic acids is 1. The van der Waals surface area contributed by atoms with E-state index in [9.17, 15) is 23.1 Å². The summed E-state index contributed by atoms with van der Waals surface area (Å²) >= 11 is 6.90. The highest BCUT2D eigenvalue weighted by molar-refractivity contribution is 7.89. The summed E-state index contributed by atoms with van der Waals surface area (Å²) in [6.07, 6.45) is 1.42. The molecular weight excluding hydrogens is 426 g/mol. The zero-order valence-corrected chi connectivity index (χ0v) is 18.1. The molecule has 0 aromatic carbocycles. The van der Waals surface area contributed by atoms with Gasteiger partial charge in [-0.2, -0.15) is 4.31 Å². The first-order valence-electron chi connectivity index (χ1n) is 9.22. The van der Waals surface area contributed by atoms with Gasteiger partial charge in [0.15, 0.2) is 0 Å². The molecule has 0 spiro atoms. The highest BCUT2D eigenvalue weighted by Gasteiger charge is 2.38. The second-order valence-corrected chi connectivity index (χ2v) is 10.6. The zero-order valence-electron chi connectivity index (χ0n) is 15.7. The molecule has 1 aliphatic rings. The Morgan fingerprint density at radius 1 is 1.39 bits per heavy atom. The van der Waals surface area contributed by atoms with Gasteiger partial charge in [-0.25, -0.2) is 8.42 Å². The normalized spacial score (nSPS) is 16.8. The van der Waals surface area contributed by atoms with Crippen molar-refractivity contribution in [3.63, 3.8) is 0 Å². The van der Waals surface area contributed by atoms with Crippen LogP contribution in [0.5, 0.6) is 0 Å². The van der Waals surface area contributed by atoms with Crippen LogP contribution in [0.1, 0.15) is 42.3 Å². The average molecular weight is 452 g/mol. The standard InChI is InChI=1S/C17H26ClN3O5S2/c1-2-9-21(12-5-7-19-8-6-12)28(25,26)13(10-16(22)23)11-20-17(24)14-3-4-15(18)27-14/h3-4,12-13,19H,2,5-11H2,1H3,(H,20,24)(H,22,23). The van der Waals surface area contributed by atoms with Crippen molar-refractivity contribution in [2.24, 2.45) is 0 Å². The molecule has 1 fully saturated rings. The Labute approximate surface area is 174 Å². The van der Waals surface area contributed by atoms with Gasteiger partial charge in [0.05, 0.1) is 15.6 Å². The van der Waals surface area contributed by atoms with Gasteiger partial charge in [0.1, 0.15) is 5.25 Å². The van der Waals surface area contributed by atoms with Crippen LogP contribution in [0.15, 0.2) is 12.1 Å². The zero-order chi connectivity index (χ0) is 20.7. The fraction of sp³-hybridized carbons (Fsp3) is 0.647. The Kier molecular flexibility index (Phi) is 8.69. The molecule has 1 aliphatic heterocycles. The van der Waals surface area contributed by atoms with Crippen LogP contribution >= 0.6 is 22.9 Å². The summed E-state index contributed by atoms with van der Waals surface area (Å²) < 4.78 is 28.4. The smallest absolute Gasteiger partial charge is 0.304 e. The largest absolute Gasteiger partial charge is 0.481 e. The number of halogens is 1. The van der Waals surface area contributed by atoms with E-state index in [1.807, 2.05) is 6.92 Å². The van der Waals surface area contributed by atoms with Crippen LogP contribution in [0.2, 0.25) is 4.34 Å². The average Bonchev–Trinajstić information content (AvgIpc) is 3.09. The number of carbonyl (C=O) groups is 2. The summed E-state index contributed by atoms with van der Waals surface area (Å²) in [4.78, 5) is 23.9. The highest BCUT2D eigenvalue weighted by Crippen LogP contribution is 2.23. The monoisotopic (exact) mass is 451 g/mol. The van der Waals surface area contributed by atoms with E-state index in [1.165, 1.54) is 4.31 Å². The lowest BCUT2D eigenvalue weighted by molar-refractivity contribution is -0.137. The number of amides is 1. The summed E-state index contributed by atoms with van der Waals surface area (Å²) in [5, 5.41) is 13.8. The molecule has 1 saturated heterocycles. The van der Waals surface area contributed by atoms with E-state index in [4.69, 9.17) is 11.6 Å².